The second-order valence-corrected chi connectivity index (χ2v) is 11.2. The number of nitrogens with zero attached hydrogens (tertiary/aromatic N) is 3. The molecule has 6 rings (SSSR count). The van der Waals surface area contributed by atoms with Crippen LogP contribution in [-0.4, -0.2) is 20.7 Å². The molecule has 6 nitrogen and oxygen atoms in total. The Labute approximate surface area is 224 Å². The van der Waals surface area contributed by atoms with Gasteiger partial charge in [-0.15, -0.1) is 11.3 Å². The maximum atomic E-state index is 13.2. The number of aromatic nitrogens is 3. The minimum atomic E-state index is -0.396. The largest absolute Gasteiger partial charge is 0.456 e. The van der Waals surface area contributed by atoms with Gasteiger partial charge in [0.2, 0.25) is 0 Å². The fourth-order valence-corrected chi connectivity index (χ4v) is 5.40. The summed E-state index contributed by atoms with van der Waals surface area (Å²) in [5, 5.41) is 9.44. The zero-order valence-corrected chi connectivity index (χ0v) is 22.3. The van der Waals surface area contributed by atoms with E-state index in [2.05, 4.69) is 32.2 Å². The lowest BCUT2D eigenvalue weighted by Gasteiger charge is -2.13. The Balaban J connectivity index is 1.29. The van der Waals surface area contributed by atoms with Crippen LogP contribution in [0.25, 0.3) is 32.6 Å². The van der Waals surface area contributed by atoms with E-state index >= 15 is 0 Å². The summed E-state index contributed by atoms with van der Waals surface area (Å²) in [7, 11) is 0. The van der Waals surface area contributed by atoms with Gasteiger partial charge in [-0.2, -0.15) is 5.10 Å². The van der Waals surface area contributed by atoms with Crippen LogP contribution >= 0.6 is 11.3 Å². The molecule has 7 heteroatoms. The molecule has 0 aliphatic heterocycles. The first-order valence-corrected chi connectivity index (χ1v) is 13.4. The minimum absolute atomic E-state index is 0.0127. The van der Waals surface area contributed by atoms with Crippen molar-refractivity contribution in [1.82, 2.24) is 14.8 Å². The van der Waals surface area contributed by atoms with Gasteiger partial charge in [-0.3, -0.25) is 4.68 Å². The summed E-state index contributed by atoms with van der Waals surface area (Å²) >= 11 is 1.59. The molecule has 0 bridgehead atoms. The Bertz CT molecular complexity index is 1760. The van der Waals surface area contributed by atoms with Crippen LogP contribution in [0.3, 0.4) is 0 Å². The summed E-state index contributed by atoms with van der Waals surface area (Å²) in [6.45, 7) is 7.09. The van der Waals surface area contributed by atoms with Crippen molar-refractivity contribution in [2.45, 2.75) is 39.3 Å². The van der Waals surface area contributed by atoms with Gasteiger partial charge >= 0.3 is 5.97 Å². The van der Waals surface area contributed by atoms with Gasteiger partial charge in [0.05, 0.1) is 17.8 Å². The second kappa shape index (κ2) is 9.58. The quantitative estimate of drug-likeness (QED) is 0.211. The minimum Gasteiger partial charge on any atom is -0.456 e. The average Bonchev–Trinajstić information content (AvgIpc) is 3.64. The lowest BCUT2D eigenvalue weighted by molar-refractivity contribution is 0.0461. The van der Waals surface area contributed by atoms with E-state index in [1.165, 1.54) is 0 Å². The fourth-order valence-electron chi connectivity index (χ4n) is 4.40. The van der Waals surface area contributed by atoms with Gasteiger partial charge in [-0.25, -0.2) is 9.78 Å². The highest BCUT2D eigenvalue weighted by atomic mass is 32.1. The first kappa shape index (κ1) is 24.1. The summed E-state index contributed by atoms with van der Waals surface area (Å²) in [5.41, 5.74) is 4.98. The number of rotatable bonds is 6. The molecule has 38 heavy (non-hydrogen) atoms. The zero-order valence-electron chi connectivity index (χ0n) is 21.5. The number of esters is 1. The Kier molecular flexibility index (Phi) is 6.08. The van der Waals surface area contributed by atoms with Crippen molar-refractivity contribution < 1.29 is 13.9 Å². The third-order valence-electron chi connectivity index (χ3n) is 6.45. The number of carbonyl (C=O) groups excluding carboxylic acids is 1. The third kappa shape index (κ3) is 4.73. The van der Waals surface area contributed by atoms with Gasteiger partial charge < -0.3 is 9.15 Å². The van der Waals surface area contributed by atoms with E-state index < -0.39 is 5.97 Å². The molecule has 0 fully saturated rings. The average molecular weight is 522 g/mol. The molecule has 0 atom stereocenters. The molecule has 0 radical (unpaired) electrons. The van der Waals surface area contributed by atoms with Gasteiger partial charge in [0, 0.05) is 21.6 Å². The number of fused-ring (bicyclic) bond motifs is 2. The standard InChI is InChI=1S/C31H27N3O3S/c1-31(2,3)27-19-38-29(32-27)26-16-22-15-21(13-14-25(22)37-26)17-34-28(23-11-7-8-12-24(23)33-34)30(35)36-18-20-9-5-4-6-10-20/h4-16,19H,17-18H2,1-3H3. The smallest absolute Gasteiger partial charge is 0.357 e. The van der Waals surface area contributed by atoms with E-state index in [1.54, 1.807) is 16.0 Å². The molecule has 0 aliphatic carbocycles. The Hall–Kier alpha value is -4.23. The van der Waals surface area contributed by atoms with Gasteiger partial charge in [-0.05, 0) is 35.4 Å². The van der Waals surface area contributed by atoms with Crippen LogP contribution in [0, 0.1) is 0 Å². The predicted molar refractivity (Wildman–Crippen MR) is 150 cm³/mol. The highest BCUT2D eigenvalue weighted by Crippen LogP contribution is 2.33. The molecule has 0 unspecified atom stereocenters. The molecular weight excluding hydrogens is 494 g/mol. The number of hydrogen-bond acceptors (Lipinski definition) is 6. The van der Waals surface area contributed by atoms with Crippen LogP contribution in [0.2, 0.25) is 0 Å². The van der Waals surface area contributed by atoms with Crippen molar-refractivity contribution in [2.75, 3.05) is 0 Å². The molecule has 0 aliphatic rings. The van der Waals surface area contributed by atoms with E-state index in [0.29, 0.717) is 12.2 Å². The summed E-state index contributed by atoms with van der Waals surface area (Å²) < 4.78 is 13.5. The highest BCUT2D eigenvalue weighted by Gasteiger charge is 2.21. The normalized spacial score (nSPS) is 11.9. The summed E-state index contributed by atoms with van der Waals surface area (Å²) in [4.78, 5) is 18.0. The summed E-state index contributed by atoms with van der Waals surface area (Å²) in [6, 6.07) is 25.4. The van der Waals surface area contributed by atoms with Crippen molar-refractivity contribution >= 4 is 39.2 Å². The highest BCUT2D eigenvalue weighted by molar-refractivity contribution is 7.13. The van der Waals surface area contributed by atoms with Crippen molar-refractivity contribution in [3.63, 3.8) is 0 Å². The Morgan fingerprint density at radius 2 is 1.76 bits per heavy atom. The second-order valence-electron chi connectivity index (χ2n) is 10.4. The number of ether oxygens (including phenoxy) is 1. The lowest BCUT2D eigenvalue weighted by atomic mass is 9.93. The molecule has 6 aromatic rings. The van der Waals surface area contributed by atoms with Crippen LogP contribution in [0.4, 0.5) is 0 Å². The molecule has 3 heterocycles. The summed E-state index contributed by atoms with van der Waals surface area (Å²) in [6.07, 6.45) is 0. The molecule has 0 amide bonds. The number of carbonyl (C=O) groups is 1. The number of benzene rings is 3. The Morgan fingerprint density at radius 1 is 0.974 bits per heavy atom. The predicted octanol–water partition coefficient (Wildman–Crippen LogP) is 7.61. The molecular formula is C31H27N3O3S. The van der Waals surface area contributed by atoms with Gasteiger partial charge in [0.15, 0.2) is 16.5 Å². The Morgan fingerprint density at radius 3 is 2.55 bits per heavy atom. The monoisotopic (exact) mass is 521 g/mol. The number of thiazole rings is 1. The molecule has 0 saturated heterocycles. The SMILES string of the molecule is CC(C)(C)c1csc(-c2cc3cc(Cn4nc5ccccc5c4C(=O)OCc4ccccc4)ccc3o2)n1. The maximum Gasteiger partial charge on any atom is 0.357 e. The molecule has 190 valence electrons. The number of hydrogen-bond donors (Lipinski definition) is 0. The van der Waals surface area contributed by atoms with E-state index in [1.807, 2.05) is 72.8 Å². The molecule has 0 spiro atoms. The topological polar surface area (TPSA) is 70.2 Å². The van der Waals surface area contributed by atoms with E-state index in [0.717, 1.165) is 49.5 Å². The van der Waals surface area contributed by atoms with E-state index in [-0.39, 0.29) is 12.0 Å². The zero-order chi connectivity index (χ0) is 26.3. The van der Waals surface area contributed by atoms with E-state index in [4.69, 9.17) is 19.2 Å². The van der Waals surface area contributed by atoms with E-state index in [9.17, 15) is 4.79 Å². The molecule has 0 N–H and O–H groups in total. The first-order valence-electron chi connectivity index (χ1n) is 12.5. The van der Waals surface area contributed by atoms with Crippen molar-refractivity contribution in [2.24, 2.45) is 0 Å². The fraction of sp³-hybridized carbons (Fsp3) is 0.194. The molecule has 3 aromatic heterocycles. The lowest BCUT2D eigenvalue weighted by Crippen LogP contribution is -2.14. The third-order valence-corrected chi connectivity index (χ3v) is 7.31. The first-order chi connectivity index (χ1) is 18.3. The van der Waals surface area contributed by atoms with Crippen molar-refractivity contribution in [3.05, 3.63) is 107 Å². The summed E-state index contributed by atoms with van der Waals surface area (Å²) in [5.74, 6) is 0.361. The van der Waals surface area contributed by atoms with Crippen LogP contribution in [0.5, 0.6) is 0 Å². The maximum absolute atomic E-state index is 13.2. The van der Waals surface area contributed by atoms with Gasteiger partial charge in [0.25, 0.3) is 0 Å². The van der Waals surface area contributed by atoms with Gasteiger partial charge in [0.1, 0.15) is 12.2 Å². The van der Waals surface area contributed by atoms with Gasteiger partial charge in [-0.1, -0.05) is 75.4 Å². The van der Waals surface area contributed by atoms with Crippen molar-refractivity contribution in [3.8, 4) is 10.8 Å². The van der Waals surface area contributed by atoms with Crippen molar-refractivity contribution in [1.29, 1.82) is 0 Å². The molecule has 0 saturated carbocycles. The van der Waals surface area contributed by atoms with Crippen LogP contribution in [-0.2, 0) is 23.3 Å². The number of furan rings is 1. The molecule has 3 aromatic carbocycles. The van der Waals surface area contributed by atoms with Crippen LogP contribution < -0.4 is 0 Å². The van der Waals surface area contributed by atoms with Crippen LogP contribution in [0.15, 0.2) is 88.7 Å². The van der Waals surface area contributed by atoms with Crippen LogP contribution in [0.1, 0.15) is 48.1 Å².